The van der Waals surface area contributed by atoms with Crippen LogP contribution in [0.2, 0.25) is 0 Å². The van der Waals surface area contributed by atoms with Gasteiger partial charge in [-0.3, -0.25) is 0 Å². The van der Waals surface area contributed by atoms with Gasteiger partial charge in [0.25, 0.3) is 0 Å². The summed E-state index contributed by atoms with van der Waals surface area (Å²) in [7, 11) is 0. The van der Waals surface area contributed by atoms with E-state index in [4.69, 9.17) is 0 Å². The molecular weight excluding hydrogens is 432 g/mol. The molecule has 6 rings (SSSR count). The van der Waals surface area contributed by atoms with Gasteiger partial charge in [-0.1, -0.05) is 24.3 Å². The Kier molecular flexibility index (Phi) is 4.23. The highest BCUT2D eigenvalue weighted by Gasteiger charge is 2.54. The van der Waals surface area contributed by atoms with E-state index in [2.05, 4.69) is 0 Å². The van der Waals surface area contributed by atoms with Gasteiger partial charge in [-0.2, -0.15) is 0 Å². The normalized spacial score (nSPS) is 22.2. The second-order valence-electron chi connectivity index (χ2n) is 9.13. The van der Waals surface area contributed by atoms with E-state index in [1.807, 2.05) is 12.1 Å². The van der Waals surface area contributed by atoms with E-state index in [9.17, 15) is 30.6 Å². The lowest BCUT2D eigenvalue weighted by Crippen LogP contribution is -2.10. The minimum atomic E-state index is -0.363. The van der Waals surface area contributed by atoms with Crippen LogP contribution < -0.4 is 0 Å². The summed E-state index contributed by atoms with van der Waals surface area (Å²) in [6.07, 6.45) is 0. The van der Waals surface area contributed by atoms with Crippen molar-refractivity contribution >= 4 is 0 Å². The van der Waals surface area contributed by atoms with Crippen molar-refractivity contribution in [3.63, 3.8) is 0 Å². The summed E-state index contributed by atoms with van der Waals surface area (Å²) < 4.78 is 0. The summed E-state index contributed by atoms with van der Waals surface area (Å²) in [5.41, 5.74) is 4.58. The van der Waals surface area contributed by atoms with Gasteiger partial charge >= 0.3 is 0 Å². The lowest BCUT2D eigenvalue weighted by molar-refractivity contribution is 0.435. The van der Waals surface area contributed by atoms with Crippen molar-refractivity contribution < 1.29 is 30.6 Å². The number of phenols is 6. The van der Waals surface area contributed by atoms with Crippen molar-refractivity contribution in [2.24, 2.45) is 0 Å². The quantitative estimate of drug-likeness (QED) is 0.251. The molecule has 4 atom stereocenters. The van der Waals surface area contributed by atoms with E-state index in [-0.39, 0.29) is 58.2 Å². The second-order valence-corrected chi connectivity index (χ2v) is 9.13. The van der Waals surface area contributed by atoms with Crippen LogP contribution in [0.25, 0.3) is 0 Å². The summed E-state index contributed by atoms with van der Waals surface area (Å²) in [5, 5.41) is 62.4. The standard InChI is InChI=1S/C28H22O6/c29-15-5-1-13(2-6-15)23-19-9-17(31)12-22(34)26(19)28-24(14-3-7-16(30)8-4-14)25-20(27(23)28)10-18(32)11-21(25)33/h1-12,23-24,27-34H/t23-,24-,27+,28-/m1/s1. The van der Waals surface area contributed by atoms with E-state index in [0.717, 1.165) is 22.3 Å². The molecule has 6 N–H and O–H groups in total. The zero-order chi connectivity index (χ0) is 23.7. The van der Waals surface area contributed by atoms with Gasteiger partial charge in [-0.05, 0) is 58.7 Å². The van der Waals surface area contributed by atoms with Crippen LogP contribution in [0.3, 0.4) is 0 Å². The molecule has 2 aliphatic carbocycles. The zero-order valence-corrected chi connectivity index (χ0v) is 17.9. The Hall–Kier alpha value is -4.32. The van der Waals surface area contributed by atoms with Crippen molar-refractivity contribution in [2.75, 3.05) is 0 Å². The third-order valence-electron chi connectivity index (χ3n) is 7.30. The van der Waals surface area contributed by atoms with Gasteiger partial charge in [0, 0.05) is 46.9 Å². The fraction of sp³-hybridized carbons (Fsp3) is 0.143. The molecule has 0 saturated carbocycles. The van der Waals surface area contributed by atoms with E-state index < -0.39 is 0 Å². The molecule has 0 aliphatic heterocycles. The van der Waals surface area contributed by atoms with Gasteiger partial charge in [0.2, 0.25) is 0 Å². The summed E-state index contributed by atoms with van der Waals surface area (Å²) in [6.45, 7) is 0. The summed E-state index contributed by atoms with van der Waals surface area (Å²) in [6, 6.07) is 19.5. The van der Waals surface area contributed by atoms with Crippen LogP contribution in [-0.4, -0.2) is 30.6 Å². The molecule has 0 fully saturated rings. The minimum absolute atomic E-state index is 0.0354. The molecule has 6 nitrogen and oxygen atoms in total. The van der Waals surface area contributed by atoms with Crippen LogP contribution in [0.1, 0.15) is 57.1 Å². The van der Waals surface area contributed by atoms with Gasteiger partial charge in [0.1, 0.15) is 34.5 Å². The molecule has 0 spiro atoms. The van der Waals surface area contributed by atoms with Crippen LogP contribution >= 0.6 is 0 Å². The van der Waals surface area contributed by atoms with Crippen LogP contribution in [0.5, 0.6) is 34.5 Å². The number of fused-ring (bicyclic) bond motifs is 5. The summed E-state index contributed by atoms with van der Waals surface area (Å²) in [5.74, 6) is -1.18. The number of aromatic hydroxyl groups is 6. The zero-order valence-electron chi connectivity index (χ0n) is 17.9. The van der Waals surface area contributed by atoms with E-state index in [1.165, 1.54) is 12.1 Å². The number of phenolic OH excluding ortho intramolecular Hbond substituents is 6. The molecule has 0 bridgehead atoms. The molecular formula is C28H22O6. The van der Waals surface area contributed by atoms with Crippen LogP contribution in [0.15, 0.2) is 72.8 Å². The Labute approximate surface area is 195 Å². The van der Waals surface area contributed by atoms with Crippen LogP contribution in [0.4, 0.5) is 0 Å². The lowest BCUT2D eigenvalue weighted by atomic mass is 9.79. The van der Waals surface area contributed by atoms with Crippen LogP contribution in [0, 0.1) is 0 Å². The highest BCUT2D eigenvalue weighted by atomic mass is 16.3. The SMILES string of the molecule is Oc1ccc([C@@H]2c3cc(O)cc(O)c3[C@H]3[C@H](c4ccc(O)cc4)c4c(O)cc(O)cc4[C@@H]23)cc1. The fourth-order valence-corrected chi connectivity index (χ4v) is 6.16. The first kappa shape index (κ1) is 20.3. The van der Waals surface area contributed by atoms with E-state index in [0.29, 0.717) is 11.1 Å². The first-order valence-electron chi connectivity index (χ1n) is 11.0. The Morgan fingerprint density at radius 1 is 0.412 bits per heavy atom. The number of hydrogen-bond acceptors (Lipinski definition) is 6. The molecule has 0 aromatic heterocycles. The number of benzene rings is 4. The maximum atomic E-state index is 11.0. The first-order valence-corrected chi connectivity index (χ1v) is 11.0. The molecule has 2 aliphatic rings. The average molecular weight is 454 g/mol. The van der Waals surface area contributed by atoms with Gasteiger partial charge in [0.05, 0.1) is 0 Å². The topological polar surface area (TPSA) is 121 Å². The highest BCUT2D eigenvalue weighted by molar-refractivity contribution is 5.68. The van der Waals surface area contributed by atoms with Crippen molar-refractivity contribution in [3.05, 3.63) is 106 Å². The monoisotopic (exact) mass is 454 g/mol. The number of hydrogen-bond donors (Lipinski definition) is 6. The summed E-state index contributed by atoms with van der Waals surface area (Å²) >= 11 is 0. The molecule has 0 unspecified atom stereocenters. The lowest BCUT2D eigenvalue weighted by Gasteiger charge is -2.23. The molecule has 0 amide bonds. The molecule has 0 saturated heterocycles. The average Bonchev–Trinajstić information content (AvgIpc) is 3.28. The molecule has 0 radical (unpaired) electrons. The summed E-state index contributed by atoms with van der Waals surface area (Å²) in [4.78, 5) is 0. The number of rotatable bonds is 2. The van der Waals surface area contributed by atoms with Crippen molar-refractivity contribution in [1.29, 1.82) is 0 Å². The second kappa shape index (κ2) is 7.09. The molecule has 6 heteroatoms. The predicted molar refractivity (Wildman–Crippen MR) is 125 cm³/mol. The van der Waals surface area contributed by atoms with Gasteiger partial charge in [-0.15, -0.1) is 0 Å². The van der Waals surface area contributed by atoms with E-state index >= 15 is 0 Å². The van der Waals surface area contributed by atoms with Crippen molar-refractivity contribution in [3.8, 4) is 34.5 Å². The van der Waals surface area contributed by atoms with Gasteiger partial charge in [0.15, 0.2) is 0 Å². The molecule has 4 aromatic rings. The van der Waals surface area contributed by atoms with Crippen molar-refractivity contribution in [1.82, 2.24) is 0 Å². The van der Waals surface area contributed by atoms with Crippen LogP contribution in [-0.2, 0) is 0 Å². The Balaban J connectivity index is 1.67. The first-order chi connectivity index (χ1) is 16.3. The molecule has 170 valence electrons. The van der Waals surface area contributed by atoms with Gasteiger partial charge < -0.3 is 30.6 Å². The smallest absolute Gasteiger partial charge is 0.123 e. The highest BCUT2D eigenvalue weighted by Crippen LogP contribution is 2.69. The Bertz CT molecular complexity index is 1430. The van der Waals surface area contributed by atoms with Crippen molar-refractivity contribution in [2.45, 2.75) is 23.7 Å². The van der Waals surface area contributed by atoms with E-state index in [1.54, 1.807) is 48.5 Å². The third-order valence-corrected chi connectivity index (χ3v) is 7.30. The minimum Gasteiger partial charge on any atom is -0.508 e. The maximum Gasteiger partial charge on any atom is 0.123 e. The Morgan fingerprint density at radius 2 is 0.882 bits per heavy atom. The fourth-order valence-electron chi connectivity index (χ4n) is 6.16. The molecule has 34 heavy (non-hydrogen) atoms. The maximum absolute atomic E-state index is 11.0. The third kappa shape index (κ3) is 2.81. The molecule has 4 aromatic carbocycles. The molecule has 0 heterocycles. The predicted octanol–water partition coefficient (Wildman–Crippen LogP) is 5.08. The largest absolute Gasteiger partial charge is 0.508 e. The Morgan fingerprint density at radius 3 is 1.44 bits per heavy atom. The van der Waals surface area contributed by atoms with Gasteiger partial charge in [-0.25, -0.2) is 0 Å².